The third-order valence-corrected chi connectivity index (χ3v) is 9.40. The van der Waals surface area contributed by atoms with Crippen molar-refractivity contribution in [3.63, 3.8) is 0 Å². The molecular formula is C40H51O2P. The van der Waals surface area contributed by atoms with Gasteiger partial charge in [-0.1, -0.05) is 126 Å². The summed E-state index contributed by atoms with van der Waals surface area (Å²) in [6.07, 6.45) is 13.5. The van der Waals surface area contributed by atoms with Crippen molar-refractivity contribution in [2.24, 2.45) is 0 Å². The molecule has 0 aliphatic carbocycles. The van der Waals surface area contributed by atoms with E-state index in [0.29, 0.717) is 5.30 Å². The van der Waals surface area contributed by atoms with Crippen LogP contribution >= 0.6 is 8.38 Å². The Morgan fingerprint density at radius 1 is 0.488 bits per heavy atom. The lowest BCUT2D eigenvalue weighted by atomic mass is 9.83. The summed E-state index contributed by atoms with van der Waals surface area (Å²) in [6.45, 7) is 9.00. The summed E-state index contributed by atoms with van der Waals surface area (Å²) in [7, 11) is -2.30. The highest BCUT2D eigenvalue weighted by Crippen LogP contribution is 2.45. The zero-order valence-electron chi connectivity index (χ0n) is 26.8. The van der Waals surface area contributed by atoms with Gasteiger partial charge in [-0.2, -0.15) is 0 Å². The lowest BCUT2D eigenvalue weighted by Crippen LogP contribution is -2.10. The van der Waals surface area contributed by atoms with Gasteiger partial charge in [-0.15, -0.1) is 0 Å². The van der Waals surface area contributed by atoms with Crippen LogP contribution in [0.15, 0.2) is 78.9 Å². The Hall–Kier alpha value is -2.77. The second-order valence-electron chi connectivity index (χ2n) is 11.9. The van der Waals surface area contributed by atoms with Crippen molar-refractivity contribution in [2.45, 2.75) is 105 Å². The highest BCUT2D eigenvalue weighted by molar-refractivity contribution is 7.54. The van der Waals surface area contributed by atoms with Crippen molar-refractivity contribution >= 4 is 13.7 Å². The lowest BCUT2D eigenvalue weighted by molar-refractivity contribution is 0.497. The molecule has 0 radical (unpaired) electrons. The van der Waals surface area contributed by atoms with E-state index in [-0.39, 0.29) is 0 Å². The number of rotatable bonds is 16. The second kappa shape index (κ2) is 16.9. The molecule has 0 fully saturated rings. The summed E-state index contributed by atoms with van der Waals surface area (Å²) in [5.41, 5.74) is 12.2. The molecule has 0 saturated heterocycles. The summed E-state index contributed by atoms with van der Waals surface area (Å²) >= 11 is 0. The molecule has 0 aliphatic heterocycles. The predicted octanol–water partition coefficient (Wildman–Crippen LogP) is 11.0. The third-order valence-electron chi connectivity index (χ3n) is 8.60. The minimum atomic E-state index is -2.30. The van der Waals surface area contributed by atoms with Crippen molar-refractivity contribution in [1.82, 2.24) is 0 Å². The first-order chi connectivity index (χ1) is 21.0. The lowest BCUT2D eigenvalue weighted by Gasteiger charge is -2.24. The van der Waals surface area contributed by atoms with Crippen molar-refractivity contribution in [1.29, 1.82) is 0 Å². The molecule has 4 aromatic carbocycles. The van der Waals surface area contributed by atoms with Gasteiger partial charge in [0.05, 0.1) is 0 Å². The van der Waals surface area contributed by atoms with Gasteiger partial charge in [0.25, 0.3) is 0 Å². The predicted molar refractivity (Wildman–Crippen MR) is 188 cm³/mol. The second-order valence-corrected chi connectivity index (χ2v) is 13.0. The fraction of sp³-hybridized carbons (Fsp3) is 0.400. The highest BCUT2D eigenvalue weighted by atomic mass is 31.2. The summed E-state index contributed by atoms with van der Waals surface area (Å²) < 4.78 is 0. The first-order valence-corrected chi connectivity index (χ1v) is 17.9. The van der Waals surface area contributed by atoms with Crippen LogP contribution < -0.4 is 5.30 Å². The quantitative estimate of drug-likeness (QED) is 0.127. The molecular weight excluding hydrogens is 543 g/mol. The standard InChI is InChI=1S/C40H51O2P/c1-5-9-16-30-22-24-35(33(28-30)18-11-7-3)37-26-27-38(43(41)42)40(39(37)32-20-14-13-15-21-32)36-25-23-31(17-10-6-2)29-34(36)19-12-8-4/h13-15,20-29,41-42H,5-12,16-19H2,1-4H3. The molecule has 2 nitrogen and oxygen atoms in total. The summed E-state index contributed by atoms with van der Waals surface area (Å²) in [6, 6.07) is 28.7. The number of hydrogen-bond acceptors (Lipinski definition) is 2. The Balaban J connectivity index is 2.04. The van der Waals surface area contributed by atoms with Gasteiger partial charge < -0.3 is 9.79 Å². The van der Waals surface area contributed by atoms with E-state index in [9.17, 15) is 9.79 Å². The smallest absolute Gasteiger partial charge is 0.200 e. The molecule has 0 atom stereocenters. The molecule has 0 aliphatic rings. The third kappa shape index (κ3) is 8.45. The Kier molecular flexibility index (Phi) is 13.0. The van der Waals surface area contributed by atoms with Crippen molar-refractivity contribution in [3.8, 4) is 33.4 Å². The molecule has 0 unspecified atom stereocenters. The van der Waals surface area contributed by atoms with E-state index in [0.717, 1.165) is 73.6 Å². The maximum absolute atomic E-state index is 10.8. The molecule has 43 heavy (non-hydrogen) atoms. The van der Waals surface area contributed by atoms with Crippen LogP contribution in [0.5, 0.6) is 0 Å². The van der Waals surface area contributed by atoms with Gasteiger partial charge >= 0.3 is 0 Å². The molecule has 3 heteroatoms. The van der Waals surface area contributed by atoms with Crippen LogP contribution in [0, 0.1) is 0 Å². The summed E-state index contributed by atoms with van der Waals surface area (Å²) in [5.74, 6) is 0. The fourth-order valence-corrected chi connectivity index (χ4v) is 6.82. The van der Waals surface area contributed by atoms with E-state index in [1.807, 2.05) is 6.07 Å². The molecule has 0 bridgehead atoms. The first kappa shape index (κ1) is 33.1. The van der Waals surface area contributed by atoms with Crippen molar-refractivity contribution in [2.75, 3.05) is 0 Å². The maximum atomic E-state index is 10.8. The van der Waals surface area contributed by atoms with Crippen LogP contribution in [0.25, 0.3) is 33.4 Å². The van der Waals surface area contributed by atoms with E-state index in [1.54, 1.807) is 0 Å². The zero-order chi connectivity index (χ0) is 30.6. The molecule has 2 N–H and O–H groups in total. The van der Waals surface area contributed by atoms with Gasteiger partial charge in [0, 0.05) is 10.9 Å². The van der Waals surface area contributed by atoms with Crippen LogP contribution in [-0.4, -0.2) is 9.79 Å². The summed E-state index contributed by atoms with van der Waals surface area (Å²) in [4.78, 5) is 21.7. The van der Waals surface area contributed by atoms with Gasteiger partial charge in [-0.3, -0.25) is 0 Å². The first-order valence-electron chi connectivity index (χ1n) is 16.7. The molecule has 228 valence electrons. The van der Waals surface area contributed by atoms with Crippen molar-refractivity contribution in [3.05, 3.63) is 101 Å². The number of benzene rings is 4. The topological polar surface area (TPSA) is 40.5 Å². The van der Waals surface area contributed by atoms with Crippen LogP contribution in [-0.2, 0) is 25.7 Å². The van der Waals surface area contributed by atoms with Gasteiger partial charge in [-0.05, 0) is 108 Å². The van der Waals surface area contributed by atoms with Gasteiger partial charge in [0.1, 0.15) is 0 Å². The Labute approximate surface area is 262 Å². The fourth-order valence-electron chi connectivity index (χ4n) is 6.18. The molecule has 0 aromatic heterocycles. The normalized spacial score (nSPS) is 11.4. The van der Waals surface area contributed by atoms with E-state index in [1.165, 1.54) is 59.1 Å². The van der Waals surface area contributed by atoms with Gasteiger partial charge in [0.2, 0.25) is 0 Å². The van der Waals surface area contributed by atoms with Crippen LogP contribution in [0.4, 0.5) is 0 Å². The Morgan fingerprint density at radius 2 is 0.977 bits per heavy atom. The minimum absolute atomic E-state index is 0.631. The minimum Gasteiger partial charge on any atom is -0.347 e. The van der Waals surface area contributed by atoms with Crippen LogP contribution in [0.3, 0.4) is 0 Å². The average molecular weight is 595 g/mol. The molecule has 4 aromatic rings. The van der Waals surface area contributed by atoms with Crippen molar-refractivity contribution < 1.29 is 9.79 Å². The van der Waals surface area contributed by atoms with Crippen LogP contribution in [0.2, 0.25) is 0 Å². The zero-order valence-corrected chi connectivity index (χ0v) is 27.7. The van der Waals surface area contributed by atoms with E-state index in [4.69, 9.17) is 0 Å². The van der Waals surface area contributed by atoms with Gasteiger partial charge in [-0.25, -0.2) is 0 Å². The largest absolute Gasteiger partial charge is 0.347 e. The molecule has 0 heterocycles. The summed E-state index contributed by atoms with van der Waals surface area (Å²) in [5, 5.41) is 0.631. The van der Waals surface area contributed by atoms with Gasteiger partial charge in [0.15, 0.2) is 8.38 Å². The van der Waals surface area contributed by atoms with E-state index in [2.05, 4.69) is 100 Å². The molecule has 0 amide bonds. The average Bonchev–Trinajstić information content (AvgIpc) is 3.04. The Morgan fingerprint density at radius 3 is 1.51 bits per heavy atom. The number of hydrogen-bond donors (Lipinski definition) is 2. The van der Waals surface area contributed by atoms with Crippen LogP contribution in [0.1, 0.15) is 101 Å². The van der Waals surface area contributed by atoms with E-state index >= 15 is 0 Å². The Bertz CT molecular complexity index is 1440. The molecule has 4 rings (SSSR count). The maximum Gasteiger partial charge on any atom is 0.200 e. The number of aryl methyl sites for hydroxylation is 4. The molecule has 0 spiro atoms. The molecule has 0 saturated carbocycles. The van der Waals surface area contributed by atoms with E-state index < -0.39 is 8.38 Å². The number of unbranched alkanes of at least 4 members (excludes halogenated alkanes) is 4. The highest BCUT2D eigenvalue weighted by Gasteiger charge is 2.24. The SMILES string of the molecule is CCCCc1ccc(-c2ccc(P(O)O)c(-c3ccc(CCCC)cc3CCCC)c2-c2ccccc2)c(CCCC)c1. The monoisotopic (exact) mass is 594 g/mol.